The van der Waals surface area contributed by atoms with Crippen LogP contribution in [0.1, 0.15) is 97.0 Å². The lowest BCUT2D eigenvalue weighted by molar-refractivity contribution is -0.159. The van der Waals surface area contributed by atoms with Crippen LogP contribution in [-0.2, 0) is 30.3 Å². The predicted molar refractivity (Wildman–Crippen MR) is 177 cm³/mol. The molecule has 3 amide bonds. The fourth-order valence-corrected chi connectivity index (χ4v) is 5.00. The summed E-state index contributed by atoms with van der Waals surface area (Å²) in [5.74, 6) is -1.46. The van der Waals surface area contributed by atoms with Crippen molar-refractivity contribution in [1.82, 2.24) is 15.5 Å². The molecule has 2 N–H and O–H groups in total. The zero-order valence-electron chi connectivity index (χ0n) is 28.9. The molecule has 0 bridgehead atoms. The Morgan fingerprint density at radius 1 is 0.800 bits per heavy atom. The zero-order chi connectivity index (χ0) is 34.1. The van der Waals surface area contributed by atoms with E-state index in [1.165, 1.54) is 4.90 Å². The van der Waals surface area contributed by atoms with Crippen LogP contribution >= 0.6 is 0 Å². The number of likely N-dealkylation sites (N-methyl/N-ethyl adjacent to an activating group) is 1. The Hall–Kier alpha value is -3.88. The van der Waals surface area contributed by atoms with Crippen LogP contribution in [0.3, 0.4) is 0 Å². The number of benzene rings is 2. The molecular weight excluding hydrogens is 570 g/mol. The Morgan fingerprint density at radius 2 is 1.40 bits per heavy atom. The second-order valence-electron chi connectivity index (χ2n) is 13.9. The minimum Gasteiger partial charge on any atom is -0.458 e. The summed E-state index contributed by atoms with van der Waals surface area (Å²) in [5, 5.41) is 5.68. The molecule has 2 rings (SSSR count). The average molecular weight is 624 g/mol. The standard InChI is InChI=1S/C36H53N3O6/c1-12-39(32(41)28(21-23(2)3)38-34(43)45-36(9,10)11)30(27-20-16-17-24(4)25(27)5)31(40)37-29(33(42)44-35(6,7)8)22-26-18-14-13-15-19-26/h13-20,23,28-30H,12,21-22H2,1-11H3,(H,37,40)(H,38,43). The Kier molecular flexibility index (Phi) is 13.2. The number of amides is 3. The van der Waals surface area contributed by atoms with E-state index in [2.05, 4.69) is 10.6 Å². The number of esters is 1. The molecule has 0 saturated carbocycles. The van der Waals surface area contributed by atoms with Gasteiger partial charge in [-0.15, -0.1) is 0 Å². The normalized spacial score (nSPS) is 13.8. The highest BCUT2D eigenvalue weighted by atomic mass is 16.6. The van der Waals surface area contributed by atoms with Gasteiger partial charge in [-0.25, -0.2) is 9.59 Å². The molecule has 9 heteroatoms. The smallest absolute Gasteiger partial charge is 0.408 e. The van der Waals surface area contributed by atoms with E-state index in [-0.39, 0.29) is 18.9 Å². The van der Waals surface area contributed by atoms with Gasteiger partial charge in [0, 0.05) is 13.0 Å². The summed E-state index contributed by atoms with van der Waals surface area (Å²) >= 11 is 0. The van der Waals surface area contributed by atoms with E-state index in [0.717, 1.165) is 16.7 Å². The van der Waals surface area contributed by atoms with Crippen molar-refractivity contribution in [3.8, 4) is 0 Å². The molecule has 0 aliphatic rings. The van der Waals surface area contributed by atoms with E-state index in [0.29, 0.717) is 12.0 Å². The van der Waals surface area contributed by atoms with Crippen LogP contribution in [-0.4, -0.2) is 58.6 Å². The minimum atomic E-state index is -1.08. The van der Waals surface area contributed by atoms with Crippen molar-refractivity contribution in [2.24, 2.45) is 5.92 Å². The number of hydrogen-bond acceptors (Lipinski definition) is 6. The maximum Gasteiger partial charge on any atom is 0.408 e. The molecule has 0 heterocycles. The molecule has 9 nitrogen and oxygen atoms in total. The molecule has 0 aliphatic heterocycles. The summed E-state index contributed by atoms with van der Waals surface area (Å²) in [7, 11) is 0. The maximum atomic E-state index is 14.4. The first-order chi connectivity index (χ1) is 20.8. The second-order valence-corrected chi connectivity index (χ2v) is 13.9. The van der Waals surface area contributed by atoms with Crippen molar-refractivity contribution in [3.63, 3.8) is 0 Å². The SMILES string of the molecule is CCN(C(=O)C(CC(C)C)NC(=O)OC(C)(C)C)C(C(=O)NC(Cc1ccccc1)C(=O)OC(C)(C)C)c1cccc(C)c1C. The van der Waals surface area contributed by atoms with Crippen molar-refractivity contribution in [3.05, 3.63) is 70.8 Å². The van der Waals surface area contributed by atoms with Gasteiger partial charge in [0.1, 0.15) is 29.3 Å². The van der Waals surface area contributed by atoms with Crippen molar-refractivity contribution >= 4 is 23.9 Å². The first-order valence-corrected chi connectivity index (χ1v) is 15.8. The summed E-state index contributed by atoms with van der Waals surface area (Å²) in [5.41, 5.74) is 1.75. The van der Waals surface area contributed by atoms with E-state index in [1.807, 2.05) is 76.2 Å². The van der Waals surface area contributed by atoms with Crippen molar-refractivity contribution in [2.45, 2.75) is 118 Å². The first kappa shape index (κ1) is 37.3. The fraction of sp³-hybridized carbons (Fsp3) is 0.556. The summed E-state index contributed by atoms with van der Waals surface area (Å²) in [4.78, 5) is 56.4. The van der Waals surface area contributed by atoms with Gasteiger partial charge in [0.05, 0.1) is 0 Å². The molecule has 2 aromatic rings. The largest absolute Gasteiger partial charge is 0.458 e. The highest BCUT2D eigenvalue weighted by Gasteiger charge is 2.38. The Bertz CT molecular complexity index is 1310. The molecular formula is C36H53N3O6. The molecule has 0 radical (unpaired) electrons. The Balaban J connectivity index is 2.59. The number of carbonyl (C=O) groups excluding carboxylic acids is 4. The Labute approximate surface area is 269 Å². The lowest BCUT2D eigenvalue weighted by atomic mass is 9.94. The molecule has 3 unspecified atom stereocenters. The average Bonchev–Trinajstić information content (AvgIpc) is 2.90. The number of alkyl carbamates (subject to hydrolysis) is 1. The lowest BCUT2D eigenvalue weighted by Crippen LogP contribution is -2.55. The van der Waals surface area contributed by atoms with E-state index < -0.39 is 53.2 Å². The number of carbonyl (C=O) groups is 4. The van der Waals surface area contributed by atoms with Gasteiger partial charge in [-0.05, 0) is 96.9 Å². The minimum absolute atomic E-state index is 0.0583. The number of ether oxygens (including phenoxy) is 2. The van der Waals surface area contributed by atoms with Crippen molar-refractivity contribution < 1.29 is 28.7 Å². The third-order valence-corrected chi connectivity index (χ3v) is 7.11. The van der Waals surface area contributed by atoms with Crippen molar-refractivity contribution in [1.29, 1.82) is 0 Å². The highest BCUT2D eigenvalue weighted by molar-refractivity contribution is 5.94. The monoisotopic (exact) mass is 623 g/mol. The maximum absolute atomic E-state index is 14.4. The number of nitrogens with one attached hydrogen (secondary N) is 2. The van der Waals surface area contributed by atoms with Gasteiger partial charge in [-0.3, -0.25) is 9.59 Å². The molecule has 0 aliphatic carbocycles. The molecule has 0 spiro atoms. The number of aryl methyl sites for hydroxylation is 1. The lowest BCUT2D eigenvalue weighted by Gasteiger charge is -2.35. The first-order valence-electron chi connectivity index (χ1n) is 15.8. The van der Waals surface area contributed by atoms with Crippen LogP contribution in [0.15, 0.2) is 48.5 Å². The zero-order valence-corrected chi connectivity index (χ0v) is 28.9. The molecule has 3 atom stereocenters. The van der Waals surface area contributed by atoms with Gasteiger partial charge >= 0.3 is 12.1 Å². The highest BCUT2D eigenvalue weighted by Crippen LogP contribution is 2.28. The molecule has 45 heavy (non-hydrogen) atoms. The van der Waals surface area contributed by atoms with Crippen LogP contribution in [0.2, 0.25) is 0 Å². The molecule has 0 fully saturated rings. The van der Waals surface area contributed by atoms with Crippen LogP contribution in [0.25, 0.3) is 0 Å². The molecule has 248 valence electrons. The summed E-state index contributed by atoms with van der Waals surface area (Å²) in [6, 6.07) is 12.0. The summed E-state index contributed by atoms with van der Waals surface area (Å²) < 4.78 is 11.2. The second kappa shape index (κ2) is 15.9. The summed E-state index contributed by atoms with van der Waals surface area (Å²) in [6.45, 7) is 20.3. The number of hydrogen-bond donors (Lipinski definition) is 2. The van der Waals surface area contributed by atoms with Gasteiger partial charge in [0.15, 0.2) is 0 Å². The van der Waals surface area contributed by atoms with Gasteiger partial charge in [0.2, 0.25) is 11.8 Å². The van der Waals surface area contributed by atoms with Crippen LogP contribution in [0.4, 0.5) is 4.79 Å². The molecule has 0 saturated heterocycles. The number of rotatable bonds is 12. The topological polar surface area (TPSA) is 114 Å². The quantitative estimate of drug-likeness (QED) is 0.272. The Morgan fingerprint density at radius 3 is 1.93 bits per heavy atom. The summed E-state index contributed by atoms with van der Waals surface area (Å²) in [6.07, 6.45) is -0.167. The van der Waals surface area contributed by atoms with Crippen LogP contribution in [0, 0.1) is 19.8 Å². The van der Waals surface area contributed by atoms with Gasteiger partial charge < -0.3 is 25.0 Å². The van der Waals surface area contributed by atoms with E-state index in [1.54, 1.807) is 48.5 Å². The van der Waals surface area contributed by atoms with Crippen LogP contribution in [0.5, 0.6) is 0 Å². The van der Waals surface area contributed by atoms with Gasteiger partial charge in [-0.2, -0.15) is 0 Å². The van der Waals surface area contributed by atoms with E-state index >= 15 is 0 Å². The number of nitrogens with zero attached hydrogens (tertiary/aromatic N) is 1. The predicted octanol–water partition coefficient (Wildman–Crippen LogP) is 6.20. The van der Waals surface area contributed by atoms with Gasteiger partial charge in [-0.1, -0.05) is 62.4 Å². The van der Waals surface area contributed by atoms with E-state index in [9.17, 15) is 19.2 Å². The van der Waals surface area contributed by atoms with E-state index in [4.69, 9.17) is 9.47 Å². The third-order valence-electron chi connectivity index (χ3n) is 7.11. The van der Waals surface area contributed by atoms with Crippen LogP contribution < -0.4 is 10.6 Å². The van der Waals surface area contributed by atoms with Gasteiger partial charge in [0.25, 0.3) is 0 Å². The molecule has 2 aromatic carbocycles. The molecule has 0 aromatic heterocycles. The fourth-order valence-electron chi connectivity index (χ4n) is 5.00. The van der Waals surface area contributed by atoms with Crippen molar-refractivity contribution in [2.75, 3.05) is 6.54 Å². The third kappa shape index (κ3) is 11.9.